The van der Waals surface area contributed by atoms with Crippen LogP contribution in [0.2, 0.25) is 0 Å². The first-order chi connectivity index (χ1) is 15.5. The van der Waals surface area contributed by atoms with Crippen molar-refractivity contribution >= 4 is 17.9 Å². The molecule has 0 heterocycles. The van der Waals surface area contributed by atoms with E-state index in [1.165, 1.54) is 4.90 Å². The van der Waals surface area contributed by atoms with E-state index in [2.05, 4.69) is 5.32 Å². The third kappa shape index (κ3) is 8.46. The Balaban J connectivity index is 2.08. The average molecular weight is 458 g/mol. The zero-order chi connectivity index (χ0) is 24.6. The Labute approximate surface area is 193 Å². The first-order valence-corrected chi connectivity index (χ1v) is 10.5. The second-order valence-corrected chi connectivity index (χ2v) is 8.66. The summed E-state index contributed by atoms with van der Waals surface area (Å²) in [6.45, 7) is 5.25. The molecule has 1 unspecified atom stereocenters. The highest BCUT2D eigenvalue weighted by Crippen LogP contribution is 2.25. The van der Waals surface area contributed by atoms with Crippen molar-refractivity contribution in [2.45, 2.75) is 45.3 Å². The first-order valence-electron chi connectivity index (χ1n) is 10.5. The van der Waals surface area contributed by atoms with E-state index in [-0.39, 0.29) is 12.3 Å². The van der Waals surface area contributed by atoms with Crippen LogP contribution in [0.3, 0.4) is 0 Å². The fraction of sp³-hybridized carbons (Fsp3) is 0.375. The molecule has 9 heteroatoms. The Bertz CT molecular complexity index is 950. The number of aryl methyl sites for hydroxylation is 1. The molecule has 2 aromatic rings. The van der Waals surface area contributed by atoms with Gasteiger partial charge in [-0.1, -0.05) is 24.3 Å². The van der Waals surface area contributed by atoms with Gasteiger partial charge in [0.25, 0.3) is 0 Å². The van der Waals surface area contributed by atoms with Crippen molar-refractivity contribution in [2.24, 2.45) is 0 Å². The van der Waals surface area contributed by atoms with E-state index >= 15 is 0 Å². The van der Waals surface area contributed by atoms with Crippen LogP contribution in [0.4, 0.5) is 4.79 Å². The summed E-state index contributed by atoms with van der Waals surface area (Å²) < 4.78 is 11.1. The summed E-state index contributed by atoms with van der Waals surface area (Å²) >= 11 is 0. The summed E-state index contributed by atoms with van der Waals surface area (Å²) in [6, 6.07) is 13.2. The van der Waals surface area contributed by atoms with Crippen LogP contribution in [0.1, 0.15) is 44.4 Å². The molecule has 9 nitrogen and oxygen atoms in total. The van der Waals surface area contributed by atoms with Crippen LogP contribution in [-0.4, -0.2) is 47.7 Å². The number of benzene rings is 2. The van der Waals surface area contributed by atoms with Gasteiger partial charge in [-0.2, -0.15) is 0 Å². The third-order valence-corrected chi connectivity index (χ3v) is 4.49. The van der Waals surface area contributed by atoms with E-state index in [4.69, 9.17) is 14.7 Å². The van der Waals surface area contributed by atoms with Gasteiger partial charge >= 0.3 is 6.09 Å². The average Bonchev–Trinajstić information content (AvgIpc) is 2.75. The Morgan fingerprint density at radius 1 is 0.970 bits per heavy atom. The number of hydroxylamine groups is 1. The summed E-state index contributed by atoms with van der Waals surface area (Å²) in [5.74, 6) is 0.424. The largest absolute Gasteiger partial charge is 0.457 e. The number of amides is 3. The molecule has 3 amide bonds. The van der Waals surface area contributed by atoms with E-state index in [1.807, 2.05) is 12.1 Å². The van der Waals surface area contributed by atoms with Crippen molar-refractivity contribution in [1.29, 1.82) is 0 Å². The molecule has 0 saturated carbocycles. The molecule has 0 aliphatic carbocycles. The molecule has 0 bridgehead atoms. The molecule has 2 aromatic carbocycles. The number of nitrogens with one attached hydrogen (secondary N) is 2. The summed E-state index contributed by atoms with van der Waals surface area (Å²) in [6.07, 6.45) is -0.00471. The minimum Gasteiger partial charge on any atom is -0.457 e. The maximum atomic E-state index is 12.7. The zero-order valence-corrected chi connectivity index (χ0v) is 19.5. The molecule has 0 spiro atoms. The molecular weight excluding hydrogens is 426 g/mol. The number of ether oxygens (including phenoxy) is 2. The van der Waals surface area contributed by atoms with Crippen LogP contribution in [0, 0.1) is 0 Å². The lowest BCUT2D eigenvalue weighted by molar-refractivity contribution is -0.131. The third-order valence-electron chi connectivity index (χ3n) is 4.49. The van der Waals surface area contributed by atoms with Gasteiger partial charge in [0.2, 0.25) is 11.8 Å². The highest BCUT2D eigenvalue weighted by Gasteiger charge is 2.27. The number of hydrogen-bond acceptors (Lipinski definition) is 6. The molecule has 3 N–H and O–H groups in total. The van der Waals surface area contributed by atoms with Crippen molar-refractivity contribution in [3.8, 4) is 11.5 Å². The first kappa shape index (κ1) is 25.7. The lowest BCUT2D eigenvalue weighted by Gasteiger charge is -2.25. The normalized spacial score (nSPS) is 11.8. The maximum Gasteiger partial charge on any atom is 0.408 e. The van der Waals surface area contributed by atoms with Crippen molar-refractivity contribution in [3.63, 3.8) is 0 Å². The minimum absolute atomic E-state index is 0.183. The Morgan fingerprint density at radius 2 is 1.52 bits per heavy atom. The van der Waals surface area contributed by atoms with Gasteiger partial charge in [-0.25, -0.2) is 10.3 Å². The van der Waals surface area contributed by atoms with Crippen LogP contribution < -0.4 is 15.5 Å². The lowest BCUT2D eigenvalue weighted by atomic mass is 10.1. The Hall–Kier alpha value is -3.59. The number of hydrogen-bond donors (Lipinski definition) is 3. The summed E-state index contributed by atoms with van der Waals surface area (Å²) in [7, 11) is 3.23. The summed E-state index contributed by atoms with van der Waals surface area (Å²) in [5, 5.41) is 11.2. The Kier molecular flexibility index (Phi) is 8.81. The smallest absolute Gasteiger partial charge is 0.408 e. The van der Waals surface area contributed by atoms with Crippen LogP contribution in [-0.2, 0) is 20.7 Å². The Morgan fingerprint density at radius 3 is 2.00 bits per heavy atom. The van der Waals surface area contributed by atoms with E-state index in [9.17, 15) is 14.4 Å². The maximum absolute atomic E-state index is 12.7. The fourth-order valence-corrected chi connectivity index (χ4v) is 2.87. The number of rotatable bonds is 8. The second-order valence-electron chi connectivity index (χ2n) is 8.66. The van der Waals surface area contributed by atoms with E-state index in [0.717, 1.165) is 5.56 Å². The molecule has 0 aromatic heterocycles. The SMILES string of the molecule is CN(C)C(=O)C(NC(=O)OC(C)(C)C)c1ccc(Oc2ccc(CCC(=O)NO)cc2)cc1. The highest BCUT2D eigenvalue weighted by atomic mass is 16.6. The molecular formula is C24H31N3O6. The van der Waals surface area contributed by atoms with E-state index in [1.54, 1.807) is 76.7 Å². The molecule has 2 rings (SSSR count). The second kappa shape index (κ2) is 11.3. The highest BCUT2D eigenvalue weighted by molar-refractivity contribution is 5.86. The van der Waals surface area contributed by atoms with Crippen LogP contribution in [0.15, 0.2) is 48.5 Å². The number of nitrogens with zero attached hydrogens (tertiary/aromatic N) is 1. The molecule has 1 atom stereocenters. The van der Waals surface area contributed by atoms with Crippen LogP contribution >= 0.6 is 0 Å². The topological polar surface area (TPSA) is 117 Å². The predicted molar refractivity (Wildman–Crippen MR) is 122 cm³/mol. The number of alkyl carbamates (subject to hydrolysis) is 1. The number of likely N-dealkylation sites (N-methyl/N-ethyl adjacent to an activating group) is 1. The monoisotopic (exact) mass is 457 g/mol. The predicted octanol–water partition coefficient (Wildman–Crippen LogP) is 3.57. The van der Waals surface area contributed by atoms with Gasteiger partial charge in [-0.15, -0.1) is 0 Å². The standard InChI is InChI=1S/C24H31N3O6/c1-24(2,3)33-23(30)25-21(22(29)27(4)5)17-9-13-19(14-10-17)32-18-11-6-16(7-12-18)8-15-20(28)26-31/h6-7,9-14,21,31H,8,15H2,1-5H3,(H,25,30)(H,26,28). The van der Waals surface area contributed by atoms with E-state index in [0.29, 0.717) is 23.5 Å². The van der Waals surface area contributed by atoms with Crippen molar-refractivity contribution < 1.29 is 29.1 Å². The van der Waals surface area contributed by atoms with Gasteiger partial charge in [0.05, 0.1) is 0 Å². The quantitative estimate of drug-likeness (QED) is 0.412. The van der Waals surface area contributed by atoms with Gasteiger partial charge in [-0.05, 0) is 62.6 Å². The van der Waals surface area contributed by atoms with Crippen LogP contribution in [0.5, 0.6) is 11.5 Å². The van der Waals surface area contributed by atoms with Crippen molar-refractivity contribution in [3.05, 3.63) is 59.7 Å². The van der Waals surface area contributed by atoms with Gasteiger partial charge in [-0.3, -0.25) is 14.8 Å². The van der Waals surface area contributed by atoms with Gasteiger partial charge < -0.3 is 19.7 Å². The molecule has 178 valence electrons. The van der Waals surface area contributed by atoms with Gasteiger partial charge in [0.15, 0.2) is 0 Å². The fourth-order valence-electron chi connectivity index (χ4n) is 2.87. The summed E-state index contributed by atoms with van der Waals surface area (Å²) in [4.78, 5) is 37.4. The van der Waals surface area contributed by atoms with E-state index < -0.39 is 23.6 Å². The molecule has 0 saturated heterocycles. The summed E-state index contributed by atoms with van der Waals surface area (Å²) in [5.41, 5.74) is 2.44. The molecule has 0 fully saturated rings. The van der Waals surface area contributed by atoms with Gasteiger partial charge in [0, 0.05) is 20.5 Å². The number of carbonyl (C=O) groups is 3. The number of carbonyl (C=O) groups excluding carboxylic acids is 3. The molecule has 0 radical (unpaired) electrons. The molecule has 33 heavy (non-hydrogen) atoms. The molecule has 0 aliphatic heterocycles. The lowest BCUT2D eigenvalue weighted by Crippen LogP contribution is -2.42. The van der Waals surface area contributed by atoms with Gasteiger partial charge in [0.1, 0.15) is 23.1 Å². The minimum atomic E-state index is -0.903. The molecule has 0 aliphatic rings. The zero-order valence-electron chi connectivity index (χ0n) is 19.5. The van der Waals surface area contributed by atoms with Crippen molar-refractivity contribution in [2.75, 3.05) is 14.1 Å². The van der Waals surface area contributed by atoms with Crippen molar-refractivity contribution in [1.82, 2.24) is 15.7 Å². The van der Waals surface area contributed by atoms with Crippen LogP contribution in [0.25, 0.3) is 0 Å².